The lowest BCUT2D eigenvalue weighted by molar-refractivity contribution is -0.146. The summed E-state index contributed by atoms with van der Waals surface area (Å²) in [6.45, 7) is 7.35. The van der Waals surface area contributed by atoms with Crippen molar-refractivity contribution in [3.8, 4) is 5.75 Å². The van der Waals surface area contributed by atoms with E-state index in [-0.39, 0.29) is 42.5 Å². The van der Waals surface area contributed by atoms with Gasteiger partial charge in [-0.05, 0) is 56.6 Å². The molecule has 0 radical (unpaired) electrons. The van der Waals surface area contributed by atoms with Gasteiger partial charge in [-0.15, -0.1) is 0 Å². The Bertz CT molecular complexity index is 2090. The van der Waals surface area contributed by atoms with Crippen LogP contribution in [0.5, 0.6) is 5.75 Å². The van der Waals surface area contributed by atoms with Gasteiger partial charge < -0.3 is 73.2 Å². The monoisotopic (exact) mass is 958 g/mol. The van der Waals surface area contributed by atoms with E-state index in [1.807, 2.05) is 13.8 Å². The van der Waals surface area contributed by atoms with Crippen molar-refractivity contribution in [2.45, 2.75) is 128 Å². The number of para-hydroxylation sites is 1. The number of likely N-dealkylation sites (N-methyl/N-ethyl adjacent to an activating group) is 1. The Hall–Kier alpha value is -6.66. The van der Waals surface area contributed by atoms with Gasteiger partial charge in [0.2, 0.25) is 47.3 Å². The molecule has 68 heavy (non-hydrogen) atoms. The van der Waals surface area contributed by atoms with Crippen LogP contribution in [-0.2, 0) is 59.1 Å². The van der Waals surface area contributed by atoms with Crippen molar-refractivity contribution in [1.29, 1.82) is 0 Å². The first-order valence-electron chi connectivity index (χ1n) is 22.2. The van der Waals surface area contributed by atoms with Crippen molar-refractivity contribution in [3.05, 3.63) is 41.6 Å². The maximum atomic E-state index is 14.5. The zero-order valence-corrected chi connectivity index (χ0v) is 39.3. The molecule has 2 saturated heterocycles. The number of carbonyl (C=O) groups is 10. The molecule has 24 heteroatoms. The maximum absolute atomic E-state index is 14.5. The lowest BCUT2D eigenvalue weighted by Gasteiger charge is -2.33. The van der Waals surface area contributed by atoms with E-state index < -0.39 is 139 Å². The van der Waals surface area contributed by atoms with Crippen molar-refractivity contribution < 1.29 is 68.0 Å². The number of aromatic hydroxyl groups is 1. The number of fused-ring (bicyclic) bond motifs is 1. The highest BCUT2D eigenvalue weighted by Crippen LogP contribution is 2.26. The fraction of sp³-hybridized carbons (Fsp3) is 0.591. The third-order valence-electron chi connectivity index (χ3n) is 11.9. The number of primary amides is 2. The van der Waals surface area contributed by atoms with Crippen molar-refractivity contribution in [3.63, 3.8) is 0 Å². The SMILES string of the molecule is C/C=C1\NC(=O)[C@H](O)[C@H](CC[C@@H](C)CC)NC(=O)[C@@H](CC(N)=O)NC(=O)[C@@H](Cc2ccccc2O)NC(=O)[C@@H]2C[C@H](C)CN2C(=O)[C@H]([C@@H](C)OC)NC(=O)[C@@H]([C@H](O)C(N)=O)NC(=O)CN(C)C1=O. The molecule has 376 valence electrons. The Labute approximate surface area is 393 Å². The number of rotatable bonds is 12. The number of nitrogens with two attached hydrogens (primary N) is 2. The third-order valence-corrected chi connectivity index (χ3v) is 11.9. The van der Waals surface area contributed by atoms with Gasteiger partial charge in [-0.25, -0.2) is 0 Å². The predicted octanol–water partition coefficient (Wildman–Crippen LogP) is -3.97. The molecular weight excluding hydrogens is 893 g/mol. The van der Waals surface area contributed by atoms with Crippen molar-refractivity contribution in [1.82, 2.24) is 41.7 Å². The summed E-state index contributed by atoms with van der Waals surface area (Å²) in [5.41, 5.74) is 10.6. The van der Waals surface area contributed by atoms with E-state index in [9.17, 15) is 63.3 Å². The van der Waals surface area contributed by atoms with Crippen molar-refractivity contribution in [2.75, 3.05) is 27.2 Å². The molecule has 0 bridgehead atoms. The third kappa shape index (κ3) is 15.2. The van der Waals surface area contributed by atoms with Crippen LogP contribution in [0, 0.1) is 11.8 Å². The highest BCUT2D eigenvalue weighted by molar-refractivity contribution is 6.02. The zero-order valence-electron chi connectivity index (χ0n) is 39.3. The average Bonchev–Trinajstić information content (AvgIpc) is 3.69. The number of hydrogen-bond acceptors (Lipinski definition) is 14. The van der Waals surface area contributed by atoms with Gasteiger partial charge in [-0.3, -0.25) is 47.9 Å². The van der Waals surface area contributed by atoms with Gasteiger partial charge in [0.25, 0.3) is 11.8 Å². The molecule has 0 spiro atoms. The fourth-order valence-corrected chi connectivity index (χ4v) is 7.60. The molecule has 1 aromatic rings. The molecule has 2 aliphatic rings. The lowest BCUT2D eigenvalue weighted by atomic mass is 9.95. The minimum absolute atomic E-state index is 0.0251. The van der Waals surface area contributed by atoms with Crippen molar-refractivity contribution in [2.24, 2.45) is 23.3 Å². The van der Waals surface area contributed by atoms with E-state index in [2.05, 4.69) is 31.9 Å². The molecule has 11 atom stereocenters. The number of carbonyl (C=O) groups excluding carboxylic acids is 10. The summed E-state index contributed by atoms with van der Waals surface area (Å²) >= 11 is 0. The number of aliphatic hydroxyl groups excluding tert-OH is 2. The number of amides is 10. The topological polar surface area (TPSA) is 371 Å². The Morgan fingerprint density at radius 3 is 2.12 bits per heavy atom. The Morgan fingerprint density at radius 1 is 0.897 bits per heavy atom. The Morgan fingerprint density at radius 2 is 1.53 bits per heavy atom. The number of hydrogen-bond donors (Lipinski definition) is 11. The number of allylic oxidation sites excluding steroid dienone is 1. The molecule has 24 nitrogen and oxygen atoms in total. The number of nitrogens with zero attached hydrogens (tertiary/aromatic N) is 2. The van der Waals surface area contributed by atoms with E-state index in [4.69, 9.17) is 16.2 Å². The van der Waals surface area contributed by atoms with Gasteiger partial charge in [0.1, 0.15) is 41.7 Å². The lowest BCUT2D eigenvalue weighted by Crippen LogP contribution is -2.64. The number of phenolic OH excluding ortho intramolecular Hbond substituents is 1. The van der Waals surface area contributed by atoms with Crippen LogP contribution in [0.3, 0.4) is 0 Å². The van der Waals surface area contributed by atoms with Crippen LogP contribution < -0.4 is 43.4 Å². The minimum Gasteiger partial charge on any atom is -0.508 e. The van der Waals surface area contributed by atoms with E-state index in [1.165, 1.54) is 39.2 Å². The molecule has 13 N–H and O–H groups in total. The van der Waals surface area contributed by atoms with E-state index >= 15 is 0 Å². The van der Waals surface area contributed by atoms with Gasteiger partial charge >= 0.3 is 0 Å². The van der Waals surface area contributed by atoms with Gasteiger partial charge in [0.15, 0.2) is 12.2 Å². The molecular formula is C44H66N10O14. The van der Waals surface area contributed by atoms with E-state index in [1.54, 1.807) is 13.0 Å². The smallest absolute Gasteiger partial charge is 0.270 e. The number of aliphatic hydroxyl groups is 2. The summed E-state index contributed by atoms with van der Waals surface area (Å²) in [6, 6.07) is -4.02. The van der Waals surface area contributed by atoms with E-state index in [0.717, 1.165) is 22.9 Å². The summed E-state index contributed by atoms with van der Waals surface area (Å²) in [5, 5.41) is 47.2. The molecule has 1 aromatic carbocycles. The van der Waals surface area contributed by atoms with Crippen LogP contribution in [0.15, 0.2) is 36.0 Å². The van der Waals surface area contributed by atoms with Gasteiger partial charge in [0.05, 0.1) is 25.1 Å². The number of phenols is 1. The second kappa shape index (κ2) is 25.5. The number of nitrogens with one attached hydrogen (secondary N) is 6. The van der Waals surface area contributed by atoms with Gasteiger partial charge in [0, 0.05) is 27.1 Å². The second-order valence-corrected chi connectivity index (χ2v) is 17.3. The van der Waals surface area contributed by atoms with Crippen LogP contribution in [0.4, 0.5) is 0 Å². The summed E-state index contributed by atoms with van der Waals surface area (Å²) in [7, 11) is 2.34. The van der Waals surface area contributed by atoms with E-state index in [0.29, 0.717) is 12.8 Å². The molecule has 0 aromatic heterocycles. The molecule has 2 fully saturated rings. The number of ether oxygens (including phenoxy) is 1. The van der Waals surface area contributed by atoms with Crippen LogP contribution in [-0.4, -0.2) is 166 Å². The minimum atomic E-state index is -2.38. The summed E-state index contributed by atoms with van der Waals surface area (Å²) in [4.78, 5) is 138. The van der Waals surface area contributed by atoms with Crippen LogP contribution in [0.2, 0.25) is 0 Å². The molecule has 2 aliphatic heterocycles. The Kier molecular flexibility index (Phi) is 20.8. The quantitative estimate of drug-likeness (QED) is 0.0891. The average molecular weight is 959 g/mol. The predicted molar refractivity (Wildman–Crippen MR) is 240 cm³/mol. The standard InChI is InChI=1S/C44H66N10O14/c1-8-21(3)14-15-26-35(58)42(65)47-25(9-2)43(66)53(6)20-32(57)51-34(36(59)37(46)60)41(64)52-33(23(5)68-7)44(67)54-19-22(4)16-29(54)40(63)50-27(17-24-12-10-11-13-30(24)55)38(61)49-28(18-31(45)56)39(62)48-26/h9-13,21-23,26-29,33-36,55,58-59H,8,14-20H2,1-7H3,(H2,45,56)(H2,46,60)(H,47,65)(H,48,62)(H,49,61)(H,50,63)(H,51,57)(H,52,64)/b25-9-/t21-,22-,23+,26-,27+,28+,29-,33-,34+,35+,36-/m0/s1. The zero-order chi connectivity index (χ0) is 51.2. The van der Waals surface area contributed by atoms with Crippen LogP contribution in [0.25, 0.3) is 0 Å². The largest absolute Gasteiger partial charge is 0.508 e. The highest BCUT2D eigenvalue weighted by atomic mass is 16.5. The molecule has 2 heterocycles. The normalized spacial score (nSPS) is 27.5. The van der Waals surface area contributed by atoms with Crippen LogP contribution in [0.1, 0.15) is 72.3 Å². The fourth-order valence-electron chi connectivity index (χ4n) is 7.60. The molecule has 10 amide bonds. The van der Waals surface area contributed by atoms with Gasteiger partial charge in [-0.1, -0.05) is 51.5 Å². The summed E-state index contributed by atoms with van der Waals surface area (Å²) in [5.74, 6) is -11.6. The highest BCUT2D eigenvalue weighted by Gasteiger charge is 2.45. The van der Waals surface area contributed by atoms with Crippen LogP contribution >= 0.6 is 0 Å². The number of benzene rings is 1. The Balaban J connectivity index is 2.22. The summed E-state index contributed by atoms with van der Waals surface area (Å²) in [6.07, 6.45) is -4.60. The first kappa shape index (κ1) is 55.7. The number of methoxy groups -OCH3 is 1. The molecule has 0 aliphatic carbocycles. The van der Waals surface area contributed by atoms with Crippen molar-refractivity contribution >= 4 is 59.1 Å². The van der Waals surface area contributed by atoms with Gasteiger partial charge in [-0.2, -0.15) is 0 Å². The molecule has 0 unspecified atom stereocenters. The first-order valence-corrected chi connectivity index (χ1v) is 22.2. The first-order chi connectivity index (χ1) is 31.9. The maximum Gasteiger partial charge on any atom is 0.270 e. The summed E-state index contributed by atoms with van der Waals surface area (Å²) < 4.78 is 5.40. The molecule has 0 saturated carbocycles. The molecule has 3 rings (SSSR count). The second-order valence-electron chi connectivity index (χ2n) is 17.3.